The van der Waals surface area contributed by atoms with Crippen LogP contribution in [-0.4, -0.2) is 50.9 Å². The number of methoxy groups -OCH3 is 1. The van der Waals surface area contributed by atoms with Gasteiger partial charge in [0.25, 0.3) is 5.91 Å². The molecule has 7 heteroatoms. The Bertz CT molecular complexity index is 874. The molecule has 1 unspecified atom stereocenters. The molecular formula is C20H22N2O4S. The third kappa shape index (κ3) is 3.74. The highest BCUT2D eigenvalue weighted by Gasteiger charge is 2.44. The summed E-state index contributed by atoms with van der Waals surface area (Å²) < 4.78 is 5.18. The lowest BCUT2D eigenvalue weighted by molar-refractivity contribution is -0.857. The van der Waals surface area contributed by atoms with Gasteiger partial charge in [0.1, 0.15) is 5.75 Å². The lowest BCUT2D eigenvalue weighted by atomic mass is 10.00. The zero-order chi connectivity index (χ0) is 19.6. The quantitative estimate of drug-likeness (QED) is 0.435. The molecule has 1 N–H and O–H groups in total. The third-order valence-electron chi connectivity index (χ3n) is 4.53. The molecule has 1 amide bonds. The van der Waals surface area contributed by atoms with Gasteiger partial charge in [-0.25, -0.2) is 0 Å². The lowest BCUT2D eigenvalue weighted by Crippen LogP contribution is -3.06. The molecule has 1 aliphatic rings. The van der Waals surface area contributed by atoms with Crippen molar-refractivity contribution >= 4 is 28.8 Å². The molecule has 1 atom stereocenters. The van der Waals surface area contributed by atoms with Gasteiger partial charge in [-0.15, -0.1) is 11.3 Å². The number of Topliss-reactive ketones (excluding diaryl/α,β-unsaturated/α-hetero) is 1. The number of likely N-dealkylation sites (N-methyl/N-ethyl adjacent to an activating group) is 1. The molecule has 1 aromatic carbocycles. The van der Waals surface area contributed by atoms with E-state index < -0.39 is 23.5 Å². The van der Waals surface area contributed by atoms with Crippen LogP contribution in [0, 0.1) is 0 Å². The number of thiophene rings is 1. The fourth-order valence-electron chi connectivity index (χ4n) is 3.11. The first-order chi connectivity index (χ1) is 12.9. The van der Waals surface area contributed by atoms with Crippen molar-refractivity contribution in [3.63, 3.8) is 0 Å². The second-order valence-corrected chi connectivity index (χ2v) is 7.66. The minimum Gasteiger partial charge on any atom is -0.872 e. The Morgan fingerprint density at radius 2 is 2.04 bits per heavy atom. The Morgan fingerprint density at radius 3 is 2.67 bits per heavy atom. The summed E-state index contributed by atoms with van der Waals surface area (Å²) in [5.74, 6) is -1.22. The van der Waals surface area contributed by atoms with Crippen molar-refractivity contribution in [2.75, 3.05) is 34.3 Å². The smallest absolute Gasteiger partial charge is 0.295 e. The van der Waals surface area contributed by atoms with Crippen molar-refractivity contribution in [1.29, 1.82) is 0 Å². The molecule has 0 saturated carbocycles. The lowest BCUT2D eigenvalue weighted by Gasteiger charge is -2.26. The van der Waals surface area contributed by atoms with Crippen LogP contribution in [0.2, 0.25) is 0 Å². The average molecular weight is 386 g/mol. The maximum atomic E-state index is 13.2. The van der Waals surface area contributed by atoms with Gasteiger partial charge in [-0.2, -0.15) is 0 Å². The molecule has 1 aliphatic heterocycles. The van der Waals surface area contributed by atoms with Crippen molar-refractivity contribution in [1.82, 2.24) is 4.90 Å². The molecule has 2 aromatic rings. The van der Waals surface area contributed by atoms with Crippen LogP contribution in [0.4, 0.5) is 0 Å². The number of hydrogen-bond donors (Lipinski definition) is 1. The van der Waals surface area contributed by atoms with Crippen LogP contribution < -0.4 is 14.7 Å². The number of nitrogens with one attached hydrogen (secondary N) is 1. The van der Waals surface area contributed by atoms with E-state index in [1.165, 1.54) is 23.3 Å². The number of benzene rings is 1. The van der Waals surface area contributed by atoms with Crippen LogP contribution in [0.15, 0.2) is 47.4 Å². The fraction of sp³-hybridized carbons (Fsp3) is 0.300. The Labute approximate surface area is 162 Å². The molecule has 6 nitrogen and oxygen atoms in total. The normalized spacial score (nSPS) is 19.1. The molecule has 3 rings (SSSR count). The number of amides is 1. The minimum atomic E-state index is -0.713. The molecule has 2 heterocycles. The van der Waals surface area contributed by atoms with Gasteiger partial charge < -0.3 is 19.6 Å². The summed E-state index contributed by atoms with van der Waals surface area (Å²) in [6, 6.07) is 9.72. The van der Waals surface area contributed by atoms with Crippen molar-refractivity contribution in [3.8, 4) is 5.75 Å². The molecular weight excluding hydrogens is 364 g/mol. The number of nitrogens with zero attached hydrogens (tertiary/aromatic N) is 1. The van der Waals surface area contributed by atoms with E-state index in [9.17, 15) is 14.7 Å². The van der Waals surface area contributed by atoms with Gasteiger partial charge in [-0.3, -0.25) is 9.59 Å². The van der Waals surface area contributed by atoms with Gasteiger partial charge in [-0.05, 0) is 29.1 Å². The zero-order valence-electron chi connectivity index (χ0n) is 15.5. The van der Waals surface area contributed by atoms with Crippen LogP contribution in [0.3, 0.4) is 0 Å². The van der Waals surface area contributed by atoms with Gasteiger partial charge in [0.2, 0.25) is 5.78 Å². The van der Waals surface area contributed by atoms with Crippen molar-refractivity contribution < 1.29 is 24.3 Å². The summed E-state index contributed by atoms with van der Waals surface area (Å²) in [7, 11) is 5.48. The predicted octanol–water partition coefficient (Wildman–Crippen LogP) is 0.125. The topological polar surface area (TPSA) is 74.1 Å². The van der Waals surface area contributed by atoms with E-state index >= 15 is 0 Å². The molecule has 0 aliphatic carbocycles. The highest BCUT2D eigenvalue weighted by atomic mass is 32.1. The summed E-state index contributed by atoms with van der Waals surface area (Å²) in [5.41, 5.74) is 0.358. The molecule has 0 bridgehead atoms. The van der Waals surface area contributed by atoms with Gasteiger partial charge >= 0.3 is 0 Å². The van der Waals surface area contributed by atoms with Gasteiger partial charge in [0.15, 0.2) is 0 Å². The monoisotopic (exact) mass is 386 g/mol. The largest absolute Gasteiger partial charge is 0.872 e. The van der Waals surface area contributed by atoms with E-state index in [4.69, 9.17) is 4.74 Å². The predicted molar refractivity (Wildman–Crippen MR) is 101 cm³/mol. The number of rotatable bonds is 6. The molecule has 142 valence electrons. The number of ketones is 1. The fourth-order valence-corrected chi connectivity index (χ4v) is 3.95. The van der Waals surface area contributed by atoms with Crippen molar-refractivity contribution in [2.45, 2.75) is 6.04 Å². The summed E-state index contributed by atoms with van der Waals surface area (Å²) in [4.78, 5) is 28.9. The number of ether oxygens (including phenoxy) is 1. The molecule has 0 radical (unpaired) electrons. The summed E-state index contributed by atoms with van der Waals surface area (Å²) in [6.45, 7) is 1.09. The molecule has 0 spiro atoms. The molecule has 27 heavy (non-hydrogen) atoms. The summed E-state index contributed by atoms with van der Waals surface area (Å²) >= 11 is 1.44. The third-order valence-corrected chi connectivity index (χ3v) is 5.45. The Morgan fingerprint density at radius 1 is 1.26 bits per heavy atom. The maximum Gasteiger partial charge on any atom is 0.295 e. The average Bonchev–Trinajstić information content (AvgIpc) is 3.27. The first kappa shape index (κ1) is 19.1. The van der Waals surface area contributed by atoms with E-state index in [0.29, 0.717) is 24.4 Å². The van der Waals surface area contributed by atoms with Crippen LogP contribution in [0.5, 0.6) is 5.75 Å². The Hall–Kier alpha value is -2.64. The van der Waals surface area contributed by atoms with Crippen LogP contribution >= 0.6 is 11.3 Å². The van der Waals surface area contributed by atoms with E-state index in [1.54, 1.807) is 24.3 Å². The highest BCUT2D eigenvalue weighted by Crippen LogP contribution is 2.40. The summed E-state index contributed by atoms with van der Waals surface area (Å²) in [5, 5.41) is 15.0. The first-order valence-electron chi connectivity index (χ1n) is 8.67. The Balaban J connectivity index is 2.10. The minimum absolute atomic E-state index is 0.0180. The number of quaternary nitrogens is 1. The molecule has 1 fully saturated rings. The van der Waals surface area contributed by atoms with E-state index in [-0.39, 0.29) is 5.57 Å². The second kappa shape index (κ2) is 7.94. The van der Waals surface area contributed by atoms with Gasteiger partial charge in [0.05, 0.1) is 40.3 Å². The van der Waals surface area contributed by atoms with Crippen LogP contribution in [0.1, 0.15) is 16.5 Å². The van der Waals surface area contributed by atoms with Crippen molar-refractivity contribution in [3.05, 3.63) is 57.8 Å². The molecule has 1 aromatic heterocycles. The number of hydrogen-bond acceptors (Lipinski definition) is 5. The summed E-state index contributed by atoms with van der Waals surface area (Å²) in [6.07, 6.45) is 0. The van der Waals surface area contributed by atoms with Crippen LogP contribution in [0.25, 0.3) is 5.76 Å². The number of likely N-dealkylation sites (tertiary alicyclic amines) is 1. The van der Waals surface area contributed by atoms with Gasteiger partial charge in [-0.1, -0.05) is 24.0 Å². The van der Waals surface area contributed by atoms with E-state index in [2.05, 4.69) is 0 Å². The Kier molecular flexibility index (Phi) is 5.62. The number of carbonyl (C=O) groups excluding carboxylic acids is 2. The first-order valence-corrected chi connectivity index (χ1v) is 9.55. The maximum absolute atomic E-state index is 13.2. The highest BCUT2D eigenvalue weighted by molar-refractivity contribution is 7.10. The molecule has 1 saturated heterocycles. The SMILES string of the molecule is COc1cccc(C([O-])=C2C(=O)C(=O)N(CC[NH+](C)C)C2c2cccs2)c1. The number of carbonyl (C=O) groups is 2. The zero-order valence-corrected chi connectivity index (χ0v) is 16.3. The van der Waals surface area contributed by atoms with Crippen LogP contribution in [-0.2, 0) is 9.59 Å². The second-order valence-electron chi connectivity index (χ2n) is 6.68. The standard InChI is InChI=1S/C20H22N2O4S/c1-21(2)9-10-22-17(15-8-5-11-27-15)16(19(24)20(22)25)18(23)13-6-4-7-14(12-13)26-3/h4-8,11-12,17,23H,9-10H2,1-3H3. The van der Waals surface area contributed by atoms with E-state index in [0.717, 1.165) is 9.78 Å². The van der Waals surface area contributed by atoms with E-state index in [1.807, 2.05) is 31.6 Å². The van der Waals surface area contributed by atoms with Crippen molar-refractivity contribution in [2.24, 2.45) is 0 Å². The van der Waals surface area contributed by atoms with Gasteiger partial charge in [0, 0.05) is 10.5 Å².